The summed E-state index contributed by atoms with van der Waals surface area (Å²) in [6.07, 6.45) is 0.389. The van der Waals surface area contributed by atoms with Crippen LogP contribution in [0.1, 0.15) is 0 Å². The van der Waals surface area contributed by atoms with Gasteiger partial charge in [-0.25, -0.2) is 4.79 Å². The number of hydrogen-bond acceptors (Lipinski definition) is 3. The summed E-state index contributed by atoms with van der Waals surface area (Å²) >= 11 is 0. The molecule has 0 bridgehead atoms. The summed E-state index contributed by atoms with van der Waals surface area (Å²) in [6.45, 7) is 0. The molecule has 0 saturated heterocycles. The lowest BCUT2D eigenvalue weighted by Gasteiger charge is -1.91. The van der Waals surface area contributed by atoms with Crippen molar-refractivity contribution in [2.45, 2.75) is 0 Å². The van der Waals surface area contributed by atoms with Gasteiger partial charge in [0.1, 0.15) is 0 Å². The molecule has 0 saturated carbocycles. The number of rotatable bonds is 1. The molecule has 0 aliphatic carbocycles. The minimum absolute atomic E-state index is 0.157. The van der Waals surface area contributed by atoms with Gasteiger partial charge in [-0.3, -0.25) is 9.59 Å². The normalized spacial score (nSPS) is 6.20. The Hall–Kier alpha value is -1.39. The summed E-state index contributed by atoms with van der Waals surface area (Å²) < 4.78 is 0. The van der Waals surface area contributed by atoms with Gasteiger partial charge in [0.25, 0.3) is 0 Å². The van der Waals surface area contributed by atoms with Crippen LogP contribution in [0.3, 0.4) is 0 Å². The van der Waals surface area contributed by atoms with E-state index in [2.05, 4.69) is 10.6 Å². The van der Waals surface area contributed by atoms with Crippen molar-refractivity contribution >= 4 is 18.6 Å². The van der Waals surface area contributed by atoms with Crippen molar-refractivity contribution in [1.82, 2.24) is 10.6 Å². The van der Waals surface area contributed by atoms with Crippen LogP contribution >= 0.6 is 0 Å². The molecule has 0 aromatic heterocycles. The first kappa shape index (κ1) is 11.4. The number of amides is 2. The van der Waals surface area contributed by atoms with Crippen molar-refractivity contribution in [1.29, 1.82) is 0 Å². The van der Waals surface area contributed by atoms with E-state index in [9.17, 15) is 4.79 Å². The van der Waals surface area contributed by atoms with Gasteiger partial charge in [0.15, 0.2) is 12.6 Å². The Morgan fingerprint density at radius 2 is 1.40 bits per heavy atom. The fourth-order valence-electron chi connectivity index (χ4n) is 0.125. The monoisotopic (exact) mass is 146 g/mol. The minimum atomic E-state index is -0.157. The molecule has 0 rings (SSSR count). The van der Waals surface area contributed by atoms with Gasteiger partial charge in [0, 0.05) is 14.1 Å². The van der Waals surface area contributed by atoms with E-state index in [4.69, 9.17) is 9.59 Å². The zero-order chi connectivity index (χ0) is 8.41. The maximum absolute atomic E-state index is 9.96. The highest BCUT2D eigenvalue weighted by molar-refractivity contribution is 6.09. The van der Waals surface area contributed by atoms with Crippen LogP contribution in [0.5, 0.6) is 0 Å². The second kappa shape index (κ2) is 10.6. The molecule has 0 atom stereocenters. The smallest absolute Gasteiger partial charge is 0.314 e. The quantitative estimate of drug-likeness (QED) is 0.365. The zero-order valence-electron chi connectivity index (χ0n) is 5.88. The molecule has 5 nitrogen and oxygen atoms in total. The molecular formula is C5H10N2O3. The molecule has 0 fully saturated rings. The van der Waals surface area contributed by atoms with Crippen LogP contribution in [0, 0.1) is 0 Å². The number of carbonyl (C=O) groups excluding carboxylic acids is 3. The summed E-state index contributed by atoms with van der Waals surface area (Å²) in [7, 11) is 3.14. The van der Waals surface area contributed by atoms with Crippen molar-refractivity contribution in [2.24, 2.45) is 0 Å². The van der Waals surface area contributed by atoms with Crippen molar-refractivity contribution < 1.29 is 14.4 Å². The number of hydrogen-bond donors (Lipinski definition) is 2. The molecule has 0 heterocycles. The minimum Gasteiger partial charge on any atom is -0.341 e. The number of aldehydes is 2. The SMILES string of the molecule is CNC(=O)NC.O=CC=O. The van der Waals surface area contributed by atoms with Crippen LogP contribution in [0.4, 0.5) is 4.79 Å². The molecule has 2 N–H and O–H groups in total. The van der Waals surface area contributed by atoms with Gasteiger partial charge in [0.2, 0.25) is 0 Å². The molecule has 5 heteroatoms. The summed E-state index contributed by atoms with van der Waals surface area (Å²) in [5.74, 6) is 0. The molecule has 0 aromatic carbocycles. The van der Waals surface area contributed by atoms with Crippen LogP contribution in [-0.2, 0) is 9.59 Å². The average molecular weight is 146 g/mol. The van der Waals surface area contributed by atoms with Gasteiger partial charge in [-0.2, -0.15) is 0 Å². The predicted molar refractivity (Wildman–Crippen MR) is 35.6 cm³/mol. The Morgan fingerprint density at radius 3 is 1.40 bits per heavy atom. The Balaban J connectivity index is 0. The Morgan fingerprint density at radius 1 is 1.10 bits per heavy atom. The molecule has 2 amide bonds. The maximum atomic E-state index is 9.96. The van der Waals surface area contributed by atoms with Crippen LogP contribution in [0.15, 0.2) is 0 Å². The molecule has 0 unspecified atom stereocenters. The largest absolute Gasteiger partial charge is 0.341 e. The number of carbonyl (C=O) groups is 3. The maximum Gasteiger partial charge on any atom is 0.314 e. The molecule has 10 heavy (non-hydrogen) atoms. The number of urea groups is 1. The van der Waals surface area contributed by atoms with Crippen molar-refractivity contribution in [3.05, 3.63) is 0 Å². The standard InChI is InChI=1S/C3H8N2O.C2H2O2/c1-4-3(6)5-2;3-1-2-4/h1-2H3,(H2,4,5,6);1-2H. The fourth-order valence-corrected chi connectivity index (χ4v) is 0.125. The van der Waals surface area contributed by atoms with E-state index in [1.54, 1.807) is 14.1 Å². The highest BCUT2D eigenvalue weighted by atomic mass is 16.2. The average Bonchev–Trinajstić information content (AvgIpc) is 2.03. The molecular weight excluding hydrogens is 136 g/mol. The van der Waals surface area contributed by atoms with Crippen molar-refractivity contribution in [3.63, 3.8) is 0 Å². The molecule has 0 aliphatic heterocycles. The molecule has 0 radical (unpaired) electrons. The molecule has 58 valence electrons. The first-order chi connectivity index (χ1) is 4.72. The number of nitrogens with one attached hydrogen (secondary N) is 2. The van der Waals surface area contributed by atoms with E-state index in [0.717, 1.165) is 0 Å². The van der Waals surface area contributed by atoms with E-state index < -0.39 is 0 Å². The van der Waals surface area contributed by atoms with Gasteiger partial charge in [0.05, 0.1) is 0 Å². The highest BCUT2D eigenvalue weighted by Crippen LogP contribution is 1.48. The lowest BCUT2D eigenvalue weighted by atomic mass is 10.9. The first-order valence-corrected chi connectivity index (χ1v) is 2.51. The lowest BCUT2D eigenvalue weighted by molar-refractivity contribution is -0.122. The molecule has 0 spiro atoms. The van der Waals surface area contributed by atoms with E-state index in [1.807, 2.05) is 0 Å². The predicted octanol–water partition coefficient (Wildman–Crippen LogP) is -1.07. The topological polar surface area (TPSA) is 75.3 Å². The second-order valence-electron chi connectivity index (χ2n) is 1.10. The molecule has 0 aliphatic rings. The summed E-state index contributed by atoms with van der Waals surface area (Å²) in [4.78, 5) is 27.6. The van der Waals surface area contributed by atoms with Gasteiger partial charge < -0.3 is 10.6 Å². The Kier molecular flexibility index (Phi) is 12.1. The van der Waals surface area contributed by atoms with E-state index in [1.165, 1.54) is 0 Å². The van der Waals surface area contributed by atoms with E-state index in [-0.39, 0.29) is 18.6 Å². The Bertz CT molecular complexity index is 101. The van der Waals surface area contributed by atoms with Crippen LogP contribution in [0.25, 0.3) is 0 Å². The van der Waals surface area contributed by atoms with Gasteiger partial charge in [-0.1, -0.05) is 0 Å². The van der Waals surface area contributed by atoms with Crippen LogP contribution < -0.4 is 10.6 Å². The van der Waals surface area contributed by atoms with Gasteiger partial charge in [-0.15, -0.1) is 0 Å². The summed E-state index contributed by atoms with van der Waals surface area (Å²) in [6, 6.07) is -0.157. The van der Waals surface area contributed by atoms with Gasteiger partial charge >= 0.3 is 6.03 Å². The van der Waals surface area contributed by atoms with Crippen molar-refractivity contribution in [3.8, 4) is 0 Å². The third-order valence-corrected chi connectivity index (χ3v) is 0.510. The fraction of sp³-hybridized carbons (Fsp3) is 0.400. The Labute approximate surface area is 58.8 Å². The second-order valence-corrected chi connectivity index (χ2v) is 1.10. The molecule has 0 aromatic rings. The zero-order valence-corrected chi connectivity index (χ0v) is 5.88. The highest BCUT2D eigenvalue weighted by Gasteiger charge is 1.81. The van der Waals surface area contributed by atoms with E-state index in [0.29, 0.717) is 0 Å². The van der Waals surface area contributed by atoms with Crippen LogP contribution in [-0.4, -0.2) is 32.7 Å². The van der Waals surface area contributed by atoms with Crippen molar-refractivity contribution in [2.75, 3.05) is 14.1 Å². The summed E-state index contributed by atoms with van der Waals surface area (Å²) in [5, 5.41) is 4.73. The summed E-state index contributed by atoms with van der Waals surface area (Å²) in [5.41, 5.74) is 0. The third kappa shape index (κ3) is 16.0. The van der Waals surface area contributed by atoms with Crippen LogP contribution in [0.2, 0.25) is 0 Å². The first-order valence-electron chi connectivity index (χ1n) is 2.51. The lowest BCUT2D eigenvalue weighted by Crippen LogP contribution is -2.28. The van der Waals surface area contributed by atoms with E-state index >= 15 is 0 Å². The van der Waals surface area contributed by atoms with Gasteiger partial charge in [-0.05, 0) is 0 Å². The third-order valence-electron chi connectivity index (χ3n) is 0.510.